The quantitative estimate of drug-likeness (QED) is 0.826. The number of carbonyl (C=O) groups excluding carboxylic acids is 2. The van der Waals surface area contributed by atoms with Gasteiger partial charge < -0.3 is 15.5 Å². The van der Waals surface area contributed by atoms with Gasteiger partial charge in [0, 0.05) is 29.9 Å². The van der Waals surface area contributed by atoms with E-state index < -0.39 is 0 Å². The lowest BCUT2D eigenvalue weighted by Crippen LogP contribution is -2.34. The molecule has 3 amide bonds. The number of benzene rings is 2. The molecule has 0 aromatic heterocycles. The van der Waals surface area contributed by atoms with Crippen LogP contribution in [-0.2, 0) is 6.54 Å². The van der Waals surface area contributed by atoms with Gasteiger partial charge >= 0.3 is 6.03 Å². The highest BCUT2D eigenvalue weighted by Gasteiger charge is 2.33. The summed E-state index contributed by atoms with van der Waals surface area (Å²) < 4.78 is 0. The van der Waals surface area contributed by atoms with E-state index in [1.807, 2.05) is 49.1 Å². The summed E-state index contributed by atoms with van der Waals surface area (Å²) >= 11 is 0. The van der Waals surface area contributed by atoms with Crippen LogP contribution in [0.4, 0.5) is 10.5 Å². The highest BCUT2D eigenvalue weighted by molar-refractivity contribution is 5.97. The van der Waals surface area contributed by atoms with Gasteiger partial charge in [-0.1, -0.05) is 36.4 Å². The molecule has 0 bridgehead atoms. The Balaban J connectivity index is 1.73. The van der Waals surface area contributed by atoms with Gasteiger partial charge in [-0.2, -0.15) is 0 Å². The lowest BCUT2D eigenvalue weighted by molar-refractivity contribution is 0.0730. The van der Waals surface area contributed by atoms with Crippen molar-refractivity contribution in [3.63, 3.8) is 0 Å². The highest BCUT2D eigenvalue weighted by atomic mass is 16.2. The molecule has 0 atom stereocenters. The third-order valence-electron chi connectivity index (χ3n) is 4.23. The predicted molar refractivity (Wildman–Crippen MR) is 103 cm³/mol. The first-order valence-corrected chi connectivity index (χ1v) is 9.05. The summed E-state index contributed by atoms with van der Waals surface area (Å²) in [6, 6.07) is 17.2. The molecule has 0 saturated heterocycles. The van der Waals surface area contributed by atoms with Crippen molar-refractivity contribution in [3.05, 3.63) is 65.7 Å². The fourth-order valence-corrected chi connectivity index (χ4v) is 2.86. The third-order valence-corrected chi connectivity index (χ3v) is 4.23. The lowest BCUT2D eigenvalue weighted by Gasteiger charge is -2.23. The molecule has 1 saturated carbocycles. The molecule has 136 valence electrons. The topological polar surface area (TPSA) is 61.4 Å². The van der Waals surface area contributed by atoms with E-state index in [0.717, 1.165) is 18.4 Å². The molecule has 5 heteroatoms. The average Bonchev–Trinajstić information content (AvgIpc) is 3.44. The van der Waals surface area contributed by atoms with Crippen LogP contribution in [0, 0.1) is 0 Å². The van der Waals surface area contributed by atoms with Crippen molar-refractivity contribution in [2.24, 2.45) is 0 Å². The van der Waals surface area contributed by atoms with E-state index in [0.29, 0.717) is 23.8 Å². The van der Waals surface area contributed by atoms with Gasteiger partial charge in [0.15, 0.2) is 0 Å². The molecule has 0 radical (unpaired) electrons. The van der Waals surface area contributed by atoms with E-state index in [2.05, 4.69) is 10.6 Å². The number of nitrogens with one attached hydrogen (secondary N) is 2. The van der Waals surface area contributed by atoms with Crippen molar-refractivity contribution in [2.75, 3.05) is 5.32 Å². The van der Waals surface area contributed by atoms with Gasteiger partial charge in [-0.3, -0.25) is 4.79 Å². The Morgan fingerprint density at radius 2 is 1.81 bits per heavy atom. The second-order valence-corrected chi connectivity index (χ2v) is 6.98. The molecule has 0 heterocycles. The number of rotatable bonds is 6. The maximum absolute atomic E-state index is 13.0. The Bertz CT molecular complexity index is 770. The van der Waals surface area contributed by atoms with E-state index >= 15 is 0 Å². The molecule has 1 aliphatic carbocycles. The summed E-state index contributed by atoms with van der Waals surface area (Å²) in [5.74, 6) is 0.00395. The van der Waals surface area contributed by atoms with Crippen LogP contribution in [0.5, 0.6) is 0 Å². The van der Waals surface area contributed by atoms with E-state index in [-0.39, 0.29) is 18.0 Å². The minimum absolute atomic E-state index is 0.00395. The Labute approximate surface area is 154 Å². The number of nitrogens with zero attached hydrogens (tertiary/aromatic N) is 1. The number of hydrogen-bond donors (Lipinski definition) is 2. The van der Waals surface area contributed by atoms with Crippen molar-refractivity contribution in [2.45, 2.75) is 45.3 Å². The van der Waals surface area contributed by atoms with E-state index in [1.54, 1.807) is 24.3 Å². The van der Waals surface area contributed by atoms with Crippen LogP contribution < -0.4 is 10.6 Å². The van der Waals surface area contributed by atoms with Crippen LogP contribution in [-0.4, -0.2) is 28.9 Å². The molecule has 2 aromatic rings. The summed E-state index contributed by atoms with van der Waals surface area (Å²) in [6.07, 6.45) is 2.10. The molecule has 26 heavy (non-hydrogen) atoms. The fourth-order valence-electron chi connectivity index (χ4n) is 2.86. The summed E-state index contributed by atoms with van der Waals surface area (Å²) in [4.78, 5) is 26.9. The molecule has 0 unspecified atom stereocenters. The first kappa shape index (κ1) is 18.0. The second-order valence-electron chi connectivity index (χ2n) is 6.98. The van der Waals surface area contributed by atoms with Crippen LogP contribution in [0.25, 0.3) is 0 Å². The molecule has 2 N–H and O–H groups in total. The van der Waals surface area contributed by atoms with Crippen LogP contribution >= 0.6 is 0 Å². The van der Waals surface area contributed by atoms with Crippen molar-refractivity contribution >= 4 is 17.6 Å². The van der Waals surface area contributed by atoms with E-state index in [9.17, 15) is 9.59 Å². The van der Waals surface area contributed by atoms with Gasteiger partial charge in [0.1, 0.15) is 0 Å². The largest absolute Gasteiger partial charge is 0.336 e. The number of urea groups is 1. The highest BCUT2D eigenvalue weighted by Crippen LogP contribution is 2.30. The maximum Gasteiger partial charge on any atom is 0.319 e. The first-order chi connectivity index (χ1) is 12.5. The maximum atomic E-state index is 13.0. The SMILES string of the molecule is CC(C)NC(=O)Nc1cccc(C(=O)N(Cc2ccccc2)C2CC2)c1. The Kier molecular flexibility index (Phi) is 5.56. The molecule has 3 rings (SSSR count). The smallest absolute Gasteiger partial charge is 0.319 e. The van der Waals surface area contributed by atoms with Crippen molar-refractivity contribution < 1.29 is 9.59 Å². The summed E-state index contributed by atoms with van der Waals surface area (Å²) in [5, 5.41) is 5.56. The zero-order valence-electron chi connectivity index (χ0n) is 15.2. The molecule has 1 aliphatic rings. The van der Waals surface area contributed by atoms with Gasteiger partial charge in [-0.15, -0.1) is 0 Å². The monoisotopic (exact) mass is 351 g/mol. The minimum atomic E-state index is -0.270. The van der Waals surface area contributed by atoms with Gasteiger partial charge in [0.25, 0.3) is 5.91 Å². The normalized spacial score (nSPS) is 13.3. The van der Waals surface area contributed by atoms with Crippen LogP contribution in [0.3, 0.4) is 0 Å². The molecule has 5 nitrogen and oxygen atoms in total. The molecule has 0 spiro atoms. The van der Waals surface area contributed by atoms with Crippen LogP contribution in [0.15, 0.2) is 54.6 Å². The van der Waals surface area contributed by atoms with E-state index in [4.69, 9.17) is 0 Å². The number of anilines is 1. The molecule has 2 aromatic carbocycles. The zero-order chi connectivity index (χ0) is 18.5. The van der Waals surface area contributed by atoms with Crippen molar-refractivity contribution in [1.82, 2.24) is 10.2 Å². The molecular formula is C21H25N3O2. The zero-order valence-corrected chi connectivity index (χ0v) is 15.2. The van der Waals surface area contributed by atoms with Crippen LogP contribution in [0.2, 0.25) is 0 Å². The van der Waals surface area contributed by atoms with Gasteiger partial charge in [-0.05, 0) is 50.5 Å². The molecule has 1 fully saturated rings. The number of amides is 3. The summed E-state index contributed by atoms with van der Waals surface area (Å²) in [5.41, 5.74) is 2.33. The van der Waals surface area contributed by atoms with Gasteiger partial charge in [-0.25, -0.2) is 4.79 Å². The predicted octanol–water partition coefficient (Wildman–Crippen LogP) is 4.02. The third kappa shape index (κ3) is 4.85. The van der Waals surface area contributed by atoms with Crippen molar-refractivity contribution in [3.8, 4) is 0 Å². The standard InChI is InChI=1S/C21H25N3O2/c1-15(2)22-21(26)23-18-10-6-9-17(13-18)20(25)24(19-11-12-19)14-16-7-4-3-5-8-16/h3-10,13,15,19H,11-12,14H2,1-2H3,(H2,22,23,26). The van der Waals surface area contributed by atoms with Crippen LogP contribution in [0.1, 0.15) is 42.6 Å². The Hall–Kier alpha value is -2.82. The van der Waals surface area contributed by atoms with E-state index in [1.165, 1.54) is 0 Å². The summed E-state index contributed by atoms with van der Waals surface area (Å²) in [7, 11) is 0. The number of carbonyl (C=O) groups is 2. The Morgan fingerprint density at radius 1 is 1.08 bits per heavy atom. The second kappa shape index (κ2) is 8.04. The average molecular weight is 351 g/mol. The minimum Gasteiger partial charge on any atom is -0.336 e. The fraction of sp³-hybridized carbons (Fsp3) is 0.333. The summed E-state index contributed by atoms with van der Waals surface area (Å²) in [6.45, 7) is 4.41. The molecule has 0 aliphatic heterocycles. The number of hydrogen-bond acceptors (Lipinski definition) is 2. The van der Waals surface area contributed by atoms with Crippen molar-refractivity contribution in [1.29, 1.82) is 0 Å². The first-order valence-electron chi connectivity index (χ1n) is 9.05. The lowest BCUT2D eigenvalue weighted by atomic mass is 10.1. The van der Waals surface area contributed by atoms with Gasteiger partial charge in [0.2, 0.25) is 0 Å². The molecular weight excluding hydrogens is 326 g/mol. The Morgan fingerprint density at radius 3 is 2.46 bits per heavy atom. The van der Waals surface area contributed by atoms with Gasteiger partial charge in [0.05, 0.1) is 0 Å².